The average Bonchev–Trinajstić information content (AvgIpc) is 2.77. The van der Waals surface area contributed by atoms with Gasteiger partial charge < -0.3 is 0 Å². The molecule has 0 aliphatic heterocycles. The monoisotopic (exact) mass is 434 g/mol. The lowest BCUT2D eigenvalue weighted by Crippen LogP contribution is -2.15. The van der Waals surface area contributed by atoms with E-state index < -0.39 is 23.3 Å². The molecule has 2 aromatic rings. The maximum Gasteiger partial charge on any atom is 0.162 e. The second kappa shape index (κ2) is 11.2. The van der Waals surface area contributed by atoms with Gasteiger partial charge in [0.1, 0.15) is 11.6 Å². The Balaban J connectivity index is 1.57. The highest BCUT2D eigenvalue weighted by atomic mass is 19.2. The van der Waals surface area contributed by atoms with Gasteiger partial charge in [-0.2, -0.15) is 0 Å². The summed E-state index contributed by atoms with van der Waals surface area (Å²) < 4.78 is 57.4. The van der Waals surface area contributed by atoms with Crippen molar-refractivity contribution in [3.05, 3.63) is 69.8 Å². The van der Waals surface area contributed by atoms with E-state index in [2.05, 4.69) is 6.92 Å². The summed E-state index contributed by atoms with van der Waals surface area (Å²) in [6.07, 6.45) is 9.52. The van der Waals surface area contributed by atoms with Gasteiger partial charge in [-0.3, -0.25) is 0 Å². The molecule has 0 nitrogen and oxygen atoms in total. The van der Waals surface area contributed by atoms with Crippen LogP contribution in [0.15, 0.2) is 24.3 Å². The molecule has 0 N–H and O–H groups in total. The highest BCUT2D eigenvalue weighted by Crippen LogP contribution is 2.34. The number of hydrogen-bond acceptors (Lipinski definition) is 0. The number of hydrogen-bond donors (Lipinski definition) is 0. The van der Waals surface area contributed by atoms with E-state index in [4.69, 9.17) is 0 Å². The molecule has 1 fully saturated rings. The molecule has 0 spiro atoms. The Hall–Kier alpha value is -1.84. The second-order valence-electron chi connectivity index (χ2n) is 9.11. The Morgan fingerprint density at radius 3 is 1.71 bits per heavy atom. The van der Waals surface area contributed by atoms with E-state index in [1.54, 1.807) is 13.0 Å². The van der Waals surface area contributed by atoms with Crippen LogP contribution in [0.1, 0.15) is 81.0 Å². The van der Waals surface area contributed by atoms with Crippen LogP contribution in [0.4, 0.5) is 17.6 Å². The highest BCUT2D eigenvalue weighted by molar-refractivity contribution is 5.30. The van der Waals surface area contributed by atoms with Crippen molar-refractivity contribution in [3.63, 3.8) is 0 Å². The van der Waals surface area contributed by atoms with Crippen molar-refractivity contribution in [2.24, 2.45) is 11.8 Å². The number of aryl methyl sites for hydroxylation is 4. The Kier molecular flexibility index (Phi) is 8.57. The minimum absolute atomic E-state index is 0.128. The SMILES string of the molecule is CCCC1CCC(CCc2cc(F)c(CCc3ccc(CC)c(F)c3F)cc2F)CC1. The largest absolute Gasteiger partial charge is 0.207 e. The zero-order valence-electron chi connectivity index (χ0n) is 18.8. The van der Waals surface area contributed by atoms with Gasteiger partial charge in [0.15, 0.2) is 11.6 Å². The van der Waals surface area contributed by atoms with Crippen LogP contribution in [0.3, 0.4) is 0 Å². The van der Waals surface area contributed by atoms with E-state index in [0.29, 0.717) is 29.9 Å². The molecule has 0 aromatic heterocycles. The summed E-state index contributed by atoms with van der Waals surface area (Å²) in [6.45, 7) is 3.98. The van der Waals surface area contributed by atoms with Gasteiger partial charge in [0.05, 0.1) is 0 Å². The van der Waals surface area contributed by atoms with Crippen molar-refractivity contribution in [1.29, 1.82) is 0 Å². The Morgan fingerprint density at radius 1 is 0.645 bits per heavy atom. The lowest BCUT2D eigenvalue weighted by atomic mass is 9.78. The van der Waals surface area contributed by atoms with E-state index in [1.807, 2.05) is 0 Å². The van der Waals surface area contributed by atoms with E-state index >= 15 is 0 Å². The van der Waals surface area contributed by atoms with E-state index in [-0.39, 0.29) is 24.0 Å². The average molecular weight is 435 g/mol. The molecule has 31 heavy (non-hydrogen) atoms. The topological polar surface area (TPSA) is 0 Å². The first-order valence-electron chi connectivity index (χ1n) is 11.8. The van der Waals surface area contributed by atoms with Gasteiger partial charge in [0.25, 0.3) is 0 Å². The van der Waals surface area contributed by atoms with Crippen molar-refractivity contribution in [2.45, 2.75) is 84.5 Å². The van der Waals surface area contributed by atoms with Gasteiger partial charge in [0.2, 0.25) is 0 Å². The first-order valence-corrected chi connectivity index (χ1v) is 11.8. The van der Waals surface area contributed by atoms with Crippen LogP contribution in [-0.4, -0.2) is 0 Å². The Labute approximate surface area is 184 Å². The molecule has 1 saturated carbocycles. The maximum absolute atomic E-state index is 14.6. The van der Waals surface area contributed by atoms with Crippen LogP contribution in [0, 0.1) is 35.1 Å². The van der Waals surface area contributed by atoms with Crippen molar-refractivity contribution in [2.75, 3.05) is 0 Å². The summed E-state index contributed by atoms with van der Waals surface area (Å²) in [6, 6.07) is 5.63. The number of rotatable bonds is 9. The molecule has 0 atom stereocenters. The molecule has 4 heteroatoms. The van der Waals surface area contributed by atoms with Gasteiger partial charge >= 0.3 is 0 Å². The van der Waals surface area contributed by atoms with Crippen molar-refractivity contribution in [1.82, 2.24) is 0 Å². The van der Waals surface area contributed by atoms with Crippen LogP contribution in [0.5, 0.6) is 0 Å². The summed E-state index contributed by atoms with van der Waals surface area (Å²) in [5.74, 6) is -1.15. The van der Waals surface area contributed by atoms with Crippen molar-refractivity contribution >= 4 is 0 Å². The minimum Gasteiger partial charge on any atom is -0.207 e. The van der Waals surface area contributed by atoms with Gasteiger partial charge in [0, 0.05) is 0 Å². The third-order valence-electron chi connectivity index (χ3n) is 6.99. The first-order chi connectivity index (χ1) is 14.9. The molecule has 0 heterocycles. The zero-order valence-corrected chi connectivity index (χ0v) is 18.8. The molecule has 170 valence electrons. The summed E-state index contributed by atoms with van der Waals surface area (Å²) in [5.41, 5.74) is 1.14. The summed E-state index contributed by atoms with van der Waals surface area (Å²) in [4.78, 5) is 0. The second-order valence-corrected chi connectivity index (χ2v) is 9.11. The van der Waals surface area contributed by atoms with Gasteiger partial charge in [-0.15, -0.1) is 0 Å². The molecule has 0 bridgehead atoms. The summed E-state index contributed by atoms with van der Waals surface area (Å²) in [5, 5.41) is 0. The quantitative estimate of drug-likeness (QED) is 0.350. The van der Waals surface area contributed by atoms with Crippen molar-refractivity contribution < 1.29 is 17.6 Å². The summed E-state index contributed by atoms with van der Waals surface area (Å²) >= 11 is 0. The molecular weight excluding hydrogens is 400 g/mol. The normalized spacial score (nSPS) is 19.0. The molecular formula is C27H34F4. The molecule has 3 rings (SSSR count). The molecule has 1 aliphatic carbocycles. The van der Waals surface area contributed by atoms with E-state index in [0.717, 1.165) is 12.3 Å². The van der Waals surface area contributed by atoms with Crippen LogP contribution < -0.4 is 0 Å². The lowest BCUT2D eigenvalue weighted by Gasteiger charge is -2.28. The number of benzene rings is 2. The molecule has 0 amide bonds. The smallest absolute Gasteiger partial charge is 0.162 e. The predicted octanol–water partition coefficient (Wildman–Crippen LogP) is 8.13. The predicted molar refractivity (Wildman–Crippen MR) is 118 cm³/mol. The standard InChI is InChI=1S/C27H34F4/c1-3-5-18-6-8-19(9-7-18)10-11-22-16-25(29)23(17-24(22)28)15-14-21-13-12-20(4-2)26(30)27(21)31/h12-13,16-19H,3-11,14-15H2,1-2H3. The fourth-order valence-corrected chi connectivity index (χ4v) is 4.95. The number of halogens is 4. The third kappa shape index (κ3) is 6.11. The Morgan fingerprint density at radius 2 is 1.13 bits per heavy atom. The first kappa shape index (κ1) is 23.8. The van der Waals surface area contributed by atoms with E-state index in [1.165, 1.54) is 56.7 Å². The molecule has 0 unspecified atom stereocenters. The minimum atomic E-state index is -0.884. The van der Waals surface area contributed by atoms with Crippen molar-refractivity contribution in [3.8, 4) is 0 Å². The maximum atomic E-state index is 14.6. The molecule has 0 saturated heterocycles. The van der Waals surface area contributed by atoms with Crippen LogP contribution in [0.2, 0.25) is 0 Å². The molecule has 2 aromatic carbocycles. The van der Waals surface area contributed by atoms with Gasteiger partial charge in [-0.1, -0.05) is 64.5 Å². The van der Waals surface area contributed by atoms with Crippen LogP contribution in [0.25, 0.3) is 0 Å². The van der Waals surface area contributed by atoms with Crippen LogP contribution in [-0.2, 0) is 25.7 Å². The van der Waals surface area contributed by atoms with E-state index in [9.17, 15) is 17.6 Å². The third-order valence-corrected chi connectivity index (χ3v) is 6.99. The lowest BCUT2D eigenvalue weighted by molar-refractivity contribution is 0.252. The fraction of sp³-hybridized carbons (Fsp3) is 0.556. The zero-order chi connectivity index (χ0) is 22.4. The van der Waals surface area contributed by atoms with Crippen LogP contribution >= 0.6 is 0 Å². The summed E-state index contributed by atoms with van der Waals surface area (Å²) in [7, 11) is 0. The van der Waals surface area contributed by atoms with Gasteiger partial charge in [-0.05, 0) is 78.3 Å². The highest BCUT2D eigenvalue weighted by Gasteiger charge is 2.21. The molecule has 1 aliphatic rings. The molecule has 0 radical (unpaired) electrons. The fourth-order valence-electron chi connectivity index (χ4n) is 4.95. The van der Waals surface area contributed by atoms with Gasteiger partial charge in [-0.25, -0.2) is 17.6 Å². The Bertz CT molecular complexity index is 866.